The van der Waals surface area contributed by atoms with Crippen molar-refractivity contribution in [1.82, 2.24) is 0 Å². The fourth-order valence-electron chi connectivity index (χ4n) is 2.78. The molecule has 0 spiro atoms. The maximum absolute atomic E-state index is 6.81. The lowest BCUT2D eigenvalue weighted by Gasteiger charge is -2.49. The van der Waals surface area contributed by atoms with Crippen LogP contribution in [0.5, 0.6) is 0 Å². The molecular formula is C14H26Cl2OSi2. The predicted octanol–water partition coefficient (Wildman–Crippen LogP) is 5.60. The van der Waals surface area contributed by atoms with E-state index in [0.717, 1.165) is 6.42 Å². The number of hydrogen-bond acceptors (Lipinski definition) is 1. The molecular weight excluding hydrogens is 311 g/mol. The second-order valence-electron chi connectivity index (χ2n) is 7.56. The van der Waals surface area contributed by atoms with E-state index in [-0.39, 0.29) is 5.41 Å². The SMILES string of the molecule is COC=CC1=C([Si](C)(C)C)[Si](Cl)(Cl)C1CC(C)(C)C. The molecule has 0 amide bonds. The monoisotopic (exact) mass is 336 g/mol. The minimum Gasteiger partial charge on any atom is -0.504 e. The molecule has 1 heterocycles. The zero-order valence-electron chi connectivity index (χ0n) is 13.1. The summed E-state index contributed by atoms with van der Waals surface area (Å²) in [5.41, 5.74) is 1.93. The molecule has 0 saturated heterocycles. The molecule has 1 rings (SSSR count). The number of allylic oxidation sites excluding steroid dienone is 2. The maximum atomic E-state index is 6.81. The van der Waals surface area contributed by atoms with Gasteiger partial charge in [0.15, 0.2) is 0 Å². The fraction of sp³-hybridized carbons (Fsp3) is 0.714. The van der Waals surface area contributed by atoms with Gasteiger partial charge in [0.25, 0.3) is 6.69 Å². The van der Waals surface area contributed by atoms with E-state index in [1.807, 2.05) is 0 Å². The number of hydrogen-bond donors (Lipinski definition) is 0. The third-order valence-electron chi connectivity index (χ3n) is 3.39. The molecule has 0 aliphatic carbocycles. The van der Waals surface area contributed by atoms with Gasteiger partial charge in [-0.05, 0) is 23.5 Å². The van der Waals surface area contributed by atoms with E-state index in [0.29, 0.717) is 5.54 Å². The number of rotatable bonds is 4. The lowest BCUT2D eigenvalue weighted by molar-refractivity contribution is 0.336. The summed E-state index contributed by atoms with van der Waals surface area (Å²) in [5.74, 6) is 0. The first-order chi connectivity index (χ1) is 8.41. The number of ether oxygens (including phenoxy) is 1. The van der Waals surface area contributed by atoms with Gasteiger partial charge in [0, 0.05) is 5.54 Å². The van der Waals surface area contributed by atoms with Crippen molar-refractivity contribution in [2.24, 2.45) is 5.41 Å². The molecule has 0 aromatic rings. The molecule has 0 saturated carbocycles. The van der Waals surface area contributed by atoms with Crippen LogP contribution < -0.4 is 0 Å². The maximum Gasteiger partial charge on any atom is 0.280 e. The summed E-state index contributed by atoms with van der Waals surface area (Å²) in [6, 6.07) is 0. The van der Waals surface area contributed by atoms with Crippen LogP contribution in [0, 0.1) is 5.41 Å². The molecule has 0 radical (unpaired) electrons. The van der Waals surface area contributed by atoms with E-state index < -0.39 is 14.8 Å². The Bertz CT molecular complexity index is 401. The topological polar surface area (TPSA) is 9.23 Å². The molecule has 0 aromatic carbocycles. The lowest BCUT2D eigenvalue weighted by Crippen LogP contribution is -2.52. The smallest absolute Gasteiger partial charge is 0.280 e. The van der Waals surface area contributed by atoms with Gasteiger partial charge < -0.3 is 4.74 Å². The molecule has 0 aromatic heterocycles. The molecule has 1 unspecified atom stereocenters. The summed E-state index contributed by atoms with van der Waals surface area (Å²) in [7, 11) is 0.207. The zero-order chi connectivity index (χ0) is 15.1. The van der Waals surface area contributed by atoms with E-state index in [2.05, 4.69) is 46.5 Å². The molecule has 19 heavy (non-hydrogen) atoms. The summed E-state index contributed by atoms with van der Waals surface area (Å²) < 4.78 is 5.09. The highest BCUT2D eigenvalue weighted by molar-refractivity contribution is 7.54. The van der Waals surface area contributed by atoms with Crippen molar-refractivity contribution in [3.8, 4) is 0 Å². The van der Waals surface area contributed by atoms with Crippen LogP contribution in [0.4, 0.5) is 0 Å². The Balaban J connectivity index is 3.20. The minimum absolute atomic E-state index is 0.240. The van der Waals surface area contributed by atoms with Gasteiger partial charge in [-0.15, -0.1) is 22.2 Å². The highest BCUT2D eigenvalue weighted by Gasteiger charge is 2.57. The fourth-order valence-corrected chi connectivity index (χ4v) is 17.8. The van der Waals surface area contributed by atoms with E-state index in [1.54, 1.807) is 13.4 Å². The van der Waals surface area contributed by atoms with Gasteiger partial charge in [-0.2, -0.15) is 0 Å². The van der Waals surface area contributed by atoms with Crippen molar-refractivity contribution in [3.63, 3.8) is 0 Å². The largest absolute Gasteiger partial charge is 0.504 e. The summed E-state index contributed by atoms with van der Waals surface area (Å²) >= 11 is 13.6. The van der Waals surface area contributed by atoms with Crippen molar-refractivity contribution < 1.29 is 4.74 Å². The average molecular weight is 337 g/mol. The van der Waals surface area contributed by atoms with Crippen LogP contribution in [0.2, 0.25) is 25.2 Å². The molecule has 110 valence electrons. The van der Waals surface area contributed by atoms with Crippen molar-refractivity contribution in [2.45, 2.75) is 52.4 Å². The van der Waals surface area contributed by atoms with Gasteiger partial charge in [-0.3, -0.25) is 0 Å². The first-order valence-corrected chi connectivity index (χ1v) is 14.3. The Morgan fingerprint density at radius 2 is 1.79 bits per heavy atom. The minimum atomic E-state index is -2.29. The summed E-state index contributed by atoms with van der Waals surface area (Å²) in [4.78, 5) is 1.39. The first kappa shape index (κ1) is 17.3. The number of methoxy groups -OCH3 is 1. The van der Waals surface area contributed by atoms with Crippen LogP contribution in [0.1, 0.15) is 27.2 Å². The van der Waals surface area contributed by atoms with Gasteiger partial charge in [0.05, 0.1) is 21.4 Å². The van der Waals surface area contributed by atoms with Crippen molar-refractivity contribution >= 4 is 36.9 Å². The second kappa shape index (κ2) is 5.59. The zero-order valence-corrected chi connectivity index (χ0v) is 16.6. The van der Waals surface area contributed by atoms with Crippen LogP contribution in [-0.2, 0) is 4.74 Å². The van der Waals surface area contributed by atoms with Crippen LogP contribution in [0.15, 0.2) is 22.7 Å². The Morgan fingerprint density at radius 1 is 1.26 bits per heavy atom. The summed E-state index contributed by atoms with van der Waals surface area (Å²) in [6.07, 6.45) is 4.88. The highest BCUT2D eigenvalue weighted by atomic mass is 35.7. The van der Waals surface area contributed by atoms with E-state index in [9.17, 15) is 0 Å². The Kier molecular flexibility index (Phi) is 5.10. The van der Waals surface area contributed by atoms with Crippen LogP contribution in [0.25, 0.3) is 0 Å². The van der Waals surface area contributed by atoms with Gasteiger partial charge in [0.1, 0.15) is 0 Å². The van der Waals surface area contributed by atoms with Crippen LogP contribution in [-0.4, -0.2) is 21.9 Å². The third-order valence-corrected chi connectivity index (χ3v) is 14.6. The summed E-state index contributed by atoms with van der Waals surface area (Å²) in [6.45, 7) is 11.4. The molecule has 0 bridgehead atoms. The third kappa shape index (κ3) is 3.90. The predicted molar refractivity (Wildman–Crippen MR) is 91.8 cm³/mol. The molecule has 0 fully saturated rings. The molecule has 1 atom stereocenters. The quantitative estimate of drug-likeness (QED) is 0.369. The Morgan fingerprint density at radius 3 is 2.16 bits per heavy atom. The van der Waals surface area contributed by atoms with Crippen molar-refractivity contribution in [2.75, 3.05) is 7.11 Å². The first-order valence-electron chi connectivity index (χ1n) is 6.73. The number of halogens is 2. The van der Waals surface area contributed by atoms with E-state index in [1.165, 1.54) is 10.4 Å². The van der Waals surface area contributed by atoms with E-state index in [4.69, 9.17) is 26.9 Å². The highest BCUT2D eigenvalue weighted by Crippen LogP contribution is 2.59. The molecule has 1 aliphatic rings. The lowest BCUT2D eigenvalue weighted by atomic mass is 9.88. The molecule has 0 N–H and O–H groups in total. The molecule has 1 aliphatic heterocycles. The van der Waals surface area contributed by atoms with Crippen LogP contribution in [0.3, 0.4) is 0 Å². The normalized spacial score (nSPS) is 23.7. The van der Waals surface area contributed by atoms with Gasteiger partial charge in [-0.1, -0.05) is 45.2 Å². The average Bonchev–Trinajstić information content (AvgIpc) is 2.17. The van der Waals surface area contributed by atoms with Crippen molar-refractivity contribution in [3.05, 3.63) is 22.7 Å². The Labute approximate surface area is 129 Å². The summed E-state index contributed by atoms with van der Waals surface area (Å²) in [5, 5.41) is 0. The molecule has 1 nitrogen and oxygen atoms in total. The Hall–Kier alpha value is 0.294. The van der Waals surface area contributed by atoms with Crippen molar-refractivity contribution in [1.29, 1.82) is 0 Å². The molecule has 5 heteroatoms. The van der Waals surface area contributed by atoms with Gasteiger partial charge in [0.2, 0.25) is 0 Å². The standard InChI is InChI=1S/C14H26Cl2OSi2/c1-14(2,3)10-12-11(8-9-17-4)13(18(5,6)7)19(12,15)16/h8-9,12H,10H2,1-7H3. The second-order valence-corrected chi connectivity index (χ2v) is 19.7. The van der Waals surface area contributed by atoms with Gasteiger partial charge >= 0.3 is 0 Å². The van der Waals surface area contributed by atoms with Gasteiger partial charge in [-0.25, -0.2) is 0 Å². The van der Waals surface area contributed by atoms with E-state index >= 15 is 0 Å². The van der Waals surface area contributed by atoms with Crippen LogP contribution >= 0.6 is 22.2 Å².